The Kier molecular flexibility index (Phi) is 7.23. The molecular formula is C32H31ClO3. The number of benzene rings is 4. The van der Waals surface area contributed by atoms with Crippen LogP contribution in [0.1, 0.15) is 61.7 Å². The Balaban J connectivity index is 1.40. The second-order valence-corrected chi connectivity index (χ2v) is 10.8. The molecule has 0 aromatic heterocycles. The third kappa shape index (κ3) is 6.16. The number of hydrogen-bond donors (Lipinski definition) is 0. The van der Waals surface area contributed by atoms with Crippen molar-refractivity contribution in [2.75, 3.05) is 0 Å². The van der Waals surface area contributed by atoms with E-state index in [1.807, 2.05) is 74.5 Å². The van der Waals surface area contributed by atoms with E-state index in [-0.39, 0.29) is 11.2 Å². The van der Waals surface area contributed by atoms with Gasteiger partial charge in [-0.3, -0.25) is 4.79 Å². The maximum absolute atomic E-state index is 13.0. The summed E-state index contributed by atoms with van der Waals surface area (Å²) in [5.41, 5.74) is 3.01. The molecule has 0 atom stereocenters. The minimum Gasteiger partial charge on any atom is -0.483 e. The fourth-order valence-corrected chi connectivity index (χ4v) is 4.01. The molecule has 0 aliphatic heterocycles. The molecule has 36 heavy (non-hydrogen) atoms. The van der Waals surface area contributed by atoms with Crippen molar-refractivity contribution in [2.45, 2.75) is 45.6 Å². The summed E-state index contributed by atoms with van der Waals surface area (Å²) in [6, 6.07) is 30.1. The normalized spacial score (nSPS) is 11.7. The third-order valence-electron chi connectivity index (χ3n) is 6.10. The molecule has 0 bridgehead atoms. The summed E-state index contributed by atoms with van der Waals surface area (Å²) >= 11 is 6.00. The molecule has 0 saturated heterocycles. The zero-order valence-electron chi connectivity index (χ0n) is 21.3. The summed E-state index contributed by atoms with van der Waals surface area (Å²) in [5, 5.41) is 0.687. The van der Waals surface area contributed by atoms with Crippen LogP contribution in [0.2, 0.25) is 5.02 Å². The van der Waals surface area contributed by atoms with Crippen LogP contribution in [0.5, 0.6) is 17.2 Å². The lowest BCUT2D eigenvalue weighted by atomic mass is 9.87. The van der Waals surface area contributed by atoms with E-state index in [1.165, 1.54) is 5.56 Å². The van der Waals surface area contributed by atoms with Gasteiger partial charge in [-0.1, -0.05) is 56.6 Å². The van der Waals surface area contributed by atoms with Crippen LogP contribution in [-0.2, 0) is 11.0 Å². The van der Waals surface area contributed by atoms with Crippen molar-refractivity contribution in [3.05, 3.63) is 124 Å². The minimum atomic E-state index is -0.543. The largest absolute Gasteiger partial charge is 0.483 e. The van der Waals surface area contributed by atoms with Gasteiger partial charge in [0.15, 0.2) is 5.78 Å². The van der Waals surface area contributed by atoms with Gasteiger partial charge in [0, 0.05) is 16.1 Å². The molecule has 0 heterocycles. The van der Waals surface area contributed by atoms with Crippen molar-refractivity contribution < 1.29 is 14.3 Å². The van der Waals surface area contributed by atoms with E-state index >= 15 is 0 Å². The Morgan fingerprint density at radius 2 is 1.00 bits per heavy atom. The number of ether oxygens (including phenoxy) is 2. The van der Waals surface area contributed by atoms with Gasteiger partial charge < -0.3 is 9.47 Å². The molecule has 0 amide bonds. The molecular weight excluding hydrogens is 468 g/mol. The highest BCUT2D eigenvalue weighted by Crippen LogP contribution is 2.30. The average molecular weight is 499 g/mol. The van der Waals surface area contributed by atoms with Crippen LogP contribution in [0.15, 0.2) is 97.1 Å². The van der Waals surface area contributed by atoms with Crippen molar-refractivity contribution in [1.29, 1.82) is 0 Å². The van der Waals surface area contributed by atoms with Crippen molar-refractivity contribution in [2.24, 2.45) is 0 Å². The van der Waals surface area contributed by atoms with E-state index < -0.39 is 5.60 Å². The van der Waals surface area contributed by atoms with Gasteiger partial charge in [0.2, 0.25) is 0 Å². The number of ketones is 1. The molecule has 0 N–H and O–H groups in total. The van der Waals surface area contributed by atoms with Crippen molar-refractivity contribution >= 4 is 17.4 Å². The smallest absolute Gasteiger partial charge is 0.193 e. The summed E-state index contributed by atoms with van der Waals surface area (Å²) in [5.74, 6) is 2.08. The van der Waals surface area contributed by atoms with E-state index in [4.69, 9.17) is 21.1 Å². The maximum atomic E-state index is 13.0. The summed E-state index contributed by atoms with van der Waals surface area (Å²) < 4.78 is 12.2. The average Bonchev–Trinajstić information content (AvgIpc) is 2.84. The molecule has 0 unspecified atom stereocenters. The molecule has 0 fully saturated rings. The number of carbonyl (C=O) groups is 1. The van der Waals surface area contributed by atoms with E-state index in [9.17, 15) is 4.79 Å². The van der Waals surface area contributed by atoms with Crippen LogP contribution < -0.4 is 9.47 Å². The Hall–Kier alpha value is -3.56. The lowest BCUT2D eigenvalue weighted by molar-refractivity contribution is 0.103. The molecule has 4 heteroatoms. The van der Waals surface area contributed by atoms with E-state index in [0.717, 1.165) is 11.3 Å². The van der Waals surface area contributed by atoms with Crippen LogP contribution in [0, 0.1) is 0 Å². The summed E-state index contributed by atoms with van der Waals surface area (Å²) in [6.07, 6.45) is 0. The van der Waals surface area contributed by atoms with Gasteiger partial charge in [-0.15, -0.1) is 0 Å². The van der Waals surface area contributed by atoms with Crippen LogP contribution in [-0.4, -0.2) is 5.78 Å². The van der Waals surface area contributed by atoms with E-state index in [0.29, 0.717) is 27.6 Å². The zero-order chi connectivity index (χ0) is 25.9. The molecule has 0 radical (unpaired) electrons. The fourth-order valence-electron chi connectivity index (χ4n) is 3.88. The molecule has 3 nitrogen and oxygen atoms in total. The number of halogens is 1. The molecule has 4 aromatic rings. The van der Waals surface area contributed by atoms with Gasteiger partial charge in [-0.25, -0.2) is 0 Å². The maximum Gasteiger partial charge on any atom is 0.193 e. The zero-order valence-corrected chi connectivity index (χ0v) is 22.1. The van der Waals surface area contributed by atoms with Crippen LogP contribution in [0.3, 0.4) is 0 Å². The van der Waals surface area contributed by atoms with Gasteiger partial charge in [0.1, 0.15) is 22.8 Å². The van der Waals surface area contributed by atoms with Gasteiger partial charge in [-0.05, 0) is 103 Å². The highest BCUT2D eigenvalue weighted by atomic mass is 35.5. The first kappa shape index (κ1) is 25.5. The van der Waals surface area contributed by atoms with Crippen molar-refractivity contribution in [3.8, 4) is 17.2 Å². The van der Waals surface area contributed by atoms with Crippen LogP contribution >= 0.6 is 11.6 Å². The SMILES string of the molecule is CC(C)(C)c1ccc(Oc2ccc(C(=O)c3ccc(OC(C)(C)c4ccc(Cl)cc4)cc3)cc2)cc1. The van der Waals surface area contributed by atoms with Gasteiger partial charge >= 0.3 is 0 Å². The first-order valence-corrected chi connectivity index (χ1v) is 12.4. The number of carbonyl (C=O) groups excluding carboxylic acids is 1. The third-order valence-corrected chi connectivity index (χ3v) is 6.35. The summed E-state index contributed by atoms with van der Waals surface area (Å²) in [6.45, 7) is 10.5. The Morgan fingerprint density at radius 3 is 1.47 bits per heavy atom. The summed E-state index contributed by atoms with van der Waals surface area (Å²) in [4.78, 5) is 13.0. The topological polar surface area (TPSA) is 35.5 Å². The Bertz CT molecular complexity index is 1310. The van der Waals surface area contributed by atoms with Crippen LogP contribution in [0.25, 0.3) is 0 Å². The highest BCUT2D eigenvalue weighted by molar-refractivity contribution is 6.30. The molecule has 0 aliphatic rings. The van der Waals surface area contributed by atoms with Gasteiger partial charge in [0.05, 0.1) is 0 Å². The molecule has 0 spiro atoms. The quantitative estimate of drug-likeness (QED) is 0.238. The van der Waals surface area contributed by atoms with Gasteiger partial charge in [0.25, 0.3) is 0 Å². The van der Waals surface area contributed by atoms with E-state index in [1.54, 1.807) is 24.3 Å². The molecule has 0 aliphatic carbocycles. The first-order valence-electron chi connectivity index (χ1n) is 12.0. The van der Waals surface area contributed by atoms with Crippen LogP contribution in [0.4, 0.5) is 0 Å². The standard InChI is InChI=1S/C32H31ClO3/c1-31(2,3)24-12-20-28(21-13-24)35-27-16-6-22(7-17-27)30(34)23-8-18-29(19-9-23)36-32(4,5)25-10-14-26(33)15-11-25/h6-21H,1-5H3. The molecule has 0 saturated carbocycles. The molecule has 4 aromatic carbocycles. The predicted molar refractivity (Wildman–Crippen MR) is 147 cm³/mol. The summed E-state index contributed by atoms with van der Waals surface area (Å²) in [7, 11) is 0. The second kappa shape index (κ2) is 10.2. The van der Waals surface area contributed by atoms with E-state index in [2.05, 4.69) is 32.9 Å². The fraction of sp³-hybridized carbons (Fsp3) is 0.219. The lowest BCUT2D eigenvalue weighted by Gasteiger charge is -2.27. The lowest BCUT2D eigenvalue weighted by Crippen LogP contribution is -2.25. The monoisotopic (exact) mass is 498 g/mol. The molecule has 4 rings (SSSR count). The Labute approximate surface area is 218 Å². The Morgan fingerprint density at radius 1 is 0.583 bits per heavy atom. The second-order valence-electron chi connectivity index (χ2n) is 10.4. The molecule has 184 valence electrons. The predicted octanol–water partition coefficient (Wildman–Crippen LogP) is 8.97. The number of rotatable bonds is 7. The number of hydrogen-bond acceptors (Lipinski definition) is 3. The minimum absolute atomic E-state index is 0.0559. The van der Waals surface area contributed by atoms with Gasteiger partial charge in [-0.2, -0.15) is 0 Å². The van der Waals surface area contributed by atoms with Crippen molar-refractivity contribution in [3.63, 3.8) is 0 Å². The van der Waals surface area contributed by atoms with Crippen molar-refractivity contribution in [1.82, 2.24) is 0 Å². The first-order chi connectivity index (χ1) is 17.0. The highest BCUT2D eigenvalue weighted by Gasteiger charge is 2.23.